The van der Waals surface area contributed by atoms with E-state index in [0.717, 1.165) is 36.8 Å². The molecule has 2 aliphatic rings. The topological polar surface area (TPSA) is 45.4 Å². The van der Waals surface area contributed by atoms with Crippen LogP contribution in [0.5, 0.6) is 0 Å². The van der Waals surface area contributed by atoms with Crippen molar-refractivity contribution in [1.82, 2.24) is 5.32 Å². The van der Waals surface area contributed by atoms with Crippen LogP contribution in [0.3, 0.4) is 0 Å². The highest BCUT2D eigenvalue weighted by molar-refractivity contribution is 5.17. The van der Waals surface area contributed by atoms with E-state index in [-0.39, 0.29) is 12.0 Å². The second-order valence-corrected chi connectivity index (χ2v) is 6.76. The Morgan fingerprint density at radius 2 is 2.26 bits per heavy atom. The van der Waals surface area contributed by atoms with Crippen LogP contribution in [0.25, 0.3) is 0 Å². The van der Waals surface area contributed by atoms with Gasteiger partial charge in [-0.2, -0.15) is 0 Å². The zero-order chi connectivity index (χ0) is 13.5. The van der Waals surface area contributed by atoms with Gasteiger partial charge in [0, 0.05) is 24.0 Å². The molecule has 0 spiro atoms. The quantitative estimate of drug-likeness (QED) is 0.858. The smallest absolute Gasteiger partial charge is 0.117 e. The Morgan fingerprint density at radius 3 is 2.95 bits per heavy atom. The van der Waals surface area contributed by atoms with Gasteiger partial charge in [0.05, 0.1) is 6.54 Å². The lowest BCUT2D eigenvalue weighted by molar-refractivity contribution is 0.117. The summed E-state index contributed by atoms with van der Waals surface area (Å²) in [6.45, 7) is 5.50. The molecule has 3 heteroatoms. The summed E-state index contributed by atoms with van der Waals surface area (Å²) in [5.41, 5.74) is 0.0421. The fourth-order valence-electron chi connectivity index (χ4n) is 3.40. The van der Waals surface area contributed by atoms with Gasteiger partial charge in [-0.05, 0) is 37.3 Å². The average Bonchev–Trinajstić information content (AvgIpc) is 2.83. The molecule has 0 amide bonds. The van der Waals surface area contributed by atoms with E-state index in [1.54, 1.807) is 0 Å². The fourth-order valence-corrected chi connectivity index (χ4v) is 3.40. The number of nitrogens with one attached hydrogen (secondary N) is 1. The lowest BCUT2D eigenvalue weighted by Gasteiger charge is -2.30. The Hall–Kier alpha value is -0.800. The normalized spacial score (nSPS) is 37.7. The van der Waals surface area contributed by atoms with E-state index in [9.17, 15) is 5.11 Å². The van der Waals surface area contributed by atoms with E-state index in [2.05, 4.69) is 31.3 Å². The first-order valence-corrected chi connectivity index (χ1v) is 7.55. The molecule has 0 saturated heterocycles. The highest BCUT2D eigenvalue weighted by Crippen LogP contribution is 2.47. The fraction of sp³-hybridized carbons (Fsp3) is 0.750. The number of aliphatic hydroxyl groups excluding tert-OH is 1. The molecular formula is C16H25NO2. The molecule has 1 aromatic rings. The molecule has 106 valence electrons. The number of hydrogen-bond acceptors (Lipinski definition) is 3. The third-order valence-electron chi connectivity index (χ3n) is 5.12. The highest BCUT2D eigenvalue weighted by atomic mass is 16.3. The third kappa shape index (κ3) is 2.59. The molecule has 4 unspecified atom stereocenters. The maximum Gasteiger partial charge on any atom is 0.117 e. The largest absolute Gasteiger partial charge is 0.464 e. The molecule has 0 bridgehead atoms. The number of furan rings is 1. The van der Waals surface area contributed by atoms with Crippen molar-refractivity contribution >= 4 is 0 Å². The number of hydrogen-bond donors (Lipinski definition) is 2. The summed E-state index contributed by atoms with van der Waals surface area (Å²) in [4.78, 5) is 0. The SMILES string of the molecule is CC1CC1c1ccc(CNC2CCCC2(C)CO)o1. The van der Waals surface area contributed by atoms with Gasteiger partial charge in [0.2, 0.25) is 0 Å². The van der Waals surface area contributed by atoms with Crippen molar-refractivity contribution in [2.75, 3.05) is 6.61 Å². The molecule has 0 radical (unpaired) electrons. The van der Waals surface area contributed by atoms with Gasteiger partial charge in [-0.1, -0.05) is 20.3 Å². The van der Waals surface area contributed by atoms with E-state index in [0.29, 0.717) is 12.0 Å². The van der Waals surface area contributed by atoms with Crippen molar-refractivity contribution in [2.24, 2.45) is 11.3 Å². The van der Waals surface area contributed by atoms with Gasteiger partial charge in [-0.25, -0.2) is 0 Å². The van der Waals surface area contributed by atoms with E-state index >= 15 is 0 Å². The van der Waals surface area contributed by atoms with Gasteiger partial charge in [0.15, 0.2) is 0 Å². The zero-order valence-corrected chi connectivity index (χ0v) is 12.0. The van der Waals surface area contributed by atoms with Crippen molar-refractivity contribution in [2.45, 2.75) is 58.0 Å². The minimum atomic E-state index is 0.0421. The van der Waals surface area contributed by atoms with Crippen LogP contribution in [-0.2, 0) is 6.54 Å². The Labute approximate surface area is 115 Å². The molecule has 19 heavy (non-hydrogen) atoms. The first-order chi connectivity index (χ1) is 9.12. The van der Waals surface area contributed by atoms with Crippen LogP contribution in [0.1, 0.15) is 57.0 Å². The van der Waals surface area contributed by atoms with E-state index in [1.807, 2.05) is 0 Å². The molecule has 3 nitrogen and oxygen atoms in total. The molecule has 1 aromatic heterocycles. The second-order valence-electron chi connectivity index (χ2n) is 6.76. The summed E-state index contributed by atoms with van der Waals surface area (Å²) in [6.07, 6.45) is 4.75. The van der Waals surface area contributed by atoms with Gasteiger partial charge >= 0.3 is 0 Å². The molecular weight excluding hydrogens is 238 g/mol. The van der Waals surface area contributed by atoms with Gasteiger partial charge in [0.25, 0.3) is 0 Å². The summed E-state index contributed by atoms with van der Waals surface area (Å²) in [5, 5.41) is 13.1. The van der Waals surface area contributed by atoms with Crippen LogP contribution in [0.15, 0.2) is 16.5 Å². The molecule has 4 atom stereocenters. The Bertz CT molecular complexity index is 442. The summed E-state index contributed by atoms with van der Waals surface area (Å²) in [6, 6.07) is 4.63. The van der Waals surface area contributed by atoms with Crippen molar-refractivity contribution in [3.63, 3.8) is 0 Å². The summed E-state index contributed by atoms with van der Waals surface area (Å²) in [5.74, 6) is 3.63. The lowest BCUT2D eigenvalue weighted by Crippen LogP contribution is -2.41. The maximum atomic E-state index is 9.54. The molecule has 3 rings (SSSR count). The molecule has 2 N–H and O–H groups in total. The van der Waals surface area contributed by atoms with Crippen LogP contribution in [0.2, 0.25) is 0 Å². The van der Waals surface area contributed by atoms with Crippen LogP contribution in [-0.4, -0.2) is 17.8 Å². The third-order valence-corrected chi connectivity index (χ3v) is 5.12. The summed E-state index contributed by atoms with van der Waals surface area (Å²) in [7, 11) is 0. The maximum absolute atomic E-state index is 9.54. The monoisotopic (exact) mass is 263 g/mol. The molecule has 2 saturated carbocycles. The van der Waals surface area contributed by atoms with Crippen molar-refractivity contribution in [3.05, 3.63) is 23.7 Å². The predicted octanol–water partition coefficient (Wildman–Crippen LogP) is 3.04. The van der Waals surface area contributed by atoms with Crippen LogP contribution >= 0.6 is 0 Å². The lowest BCUT2D eigenvalue weighted by atomic mass is 9.86. The van der Waals surface area contributed by atoms with Gasteiger partial charge in [0.1, 0.15) is 11.5 Å². The van der Waals surface area contributed by atoms with Crippen molar-refractivity contribution < 1.29 is 9.52 Å². The Balaban J connectivity index is 1.56. The van der Waals surface area contributed by atoms with Crippen molar-refractivity contribution in [3.8, 4) is 0 Å². The van der Waals surface area contributed by atoms with Crippen LogP contribution in [0, 0.1) is 11.3 Å². The molecule has 2 aliphatic carbocycles. The van der Waals surface area contributed by atoms with Gasteiger partial charge in [-0.3, -0.25) is 0 Å². The van der Waals surface area contributed by atoms with E-state index in [4.69, 9.17) is 4.42 Å². The standard InChI is InChI=1S/C16H25NO2/c1-11-8-13(11)14-6-5-12(19-14)9-17-15-4-3-7-16(15,2)10-18/h5-6,11,13,15,17-18H,3-4,7-10H2,1-2H3. The number of aliphatic hydroxyl groups is 1. The summed E-state index contributed by atoms with van der Waals surface area (Å²) >= 11 is 0. The minimum absolute atomic E-state index is 0.0421. The predicted molar refractivity (Wildman–Crippen MR) is 74.9 cm³/mol. The van der Waals surface area contributed by atoms with E-state index < -0.39 is 0 Å². The summed E-state index contributed by atoms with van der Waals surface area (Å²) < 4.78 is 5.91. The van der Waals surface area contributed by atoms with E-state index in [1.165, 1.54) is 12.8 Å². The molecule has 1 heterocycles. The second kappa shape index (κ2) is 4.95. The molecule has 0 aliphatic heterocycles. The Kier molecular flexibility index (Phi) is 3.44. The van der Waals surface area contributed by atoms with Crippen molar-refractivity contribution in [1.29, 1.82) is 0 Å². The molecule has 0 aromatic carbocycles. The van der Waals surface area contributed by atoms with Gasteiger partial charge in [-0.15, -0.1) is 0 Å². The highest BCUT2D eigenvalue weighted by Gasteiger charge is 2.38. The minimum Gasteiger partial charge on any atom is -0.464 e. The zero-order valence-electron chi connectivity index (χ0n) is 12.0. The first-order valence-electron chi connectivity index (χ1n) is 7.55. The van der Waals surface area contributed by atoms with Gasteiger partial charge < -0.3 is 14.8 Å². The molecule has 2 fully saturated rings. The average molecular weight is 263 g/mol. The van der Waals surface area contributed by atoms with Crippen LogP contribution < -0.4 is 5.32 Å². The Morgan fingerprint density at radius 1 is 1.47 bits per heavy atom. The van der Waals surface area contributed by atoms with Crippen LogP contribution in [0.4, 0.5) is 0 Å². The number of rotatable bonds is 5. The first kappa shape index (κ1) is 13.2.